The first-order valence-corrected chi connectivity index (χ1v) is 7.93. The zero-order chi connectivity index (χ0) is 18.4. The number of hydrogen-bond donors (Lipinski definition) is 1. The van der Waals surface area contributed by atoms with E-state index >= 15 is 0 Å². The summed E-state index contributed by atoms with van der Waals surface area (Å²) in [5, 5.41) is 2.69. The van der Waals surface area contributed by atoms with Crippen LogP contribution < -0.4 is 10.1 Å². The molecule has 1 aromatic heterocycles. The number of rotatable bonds is 6. The number of nitrogens with zero attached hydrogens (tertiary/aromatic N) is 2. The van der Waals surface area contributed by atoms with E-state index in [4.69, 9.17) is 9.47 Å². The van der Waals surface area contributed by atoms with E-state index in [1.54, 1.807) is 37.7 Å². The average molecular weight is 351 g/mol. The van der Waals surface area contributed by atoms with E-state index in [2.05, 4.69) is 15.3 Å². The van der Waals surface area contributed by atoms with Crippen molar-refractivity contribution in [3.8, 4) is 5.75 Å². The number of aromatic nitrogens is 2. The number of carbonyl (C=O) groups is 2. The third-order valence-electron chi connectivity index (χ3n) is 3.66. The minimum Gasteiger partial charge on any atom is -0.497 e. The number of methoxy groups -OCH3 is 1. The maximum Gasteiger partial charge on any atom is 0.338 e. The lowest BCUT2D eigenvalue weighted by Gasteiger charge is -2.08. The third-order valence-corrected chi connectivity index (χ3v) is 3.66. The number of amides is 1. The fraction of sp³-hybridized carbons (Fsp3) is 0.158. The molecule has 7 nitrogen and oxygen atoms in total. The van der Waals surface area contributed by atoms with Gasteiger partial charge >= 0.3 is 5.97 Å². The van der Waals surface area contributed by atoms with Crippen LogP contribution in [0.4, 0.5) is 0 Å². The van der Waals surface area contributed by atoms with Crippen LogP contribution in [-0.2, 0) is 16.1 Å². The average Bonchev–Trinajstić information content (AvgIpc) is 2.70. The highest BCUT2D eigenvalue weighted by molar-refractivity contribution is 5.94. The van der Waals surface area contributed by atoms with Crippen molar-refractivity contribution in [2.45, 2.75) is 6.54 Å². The Balaban J connectivity index is 1.52. The van der Waals surface area contributed by atoms with Crippen molar-refractivity contribution >= 4 is 22.9 Å². The summed E-state index contributed by atoms with van der Waals surface area (Å²) >= 11 is 0. The number of benzene rings is 2. The fourth-order valence-electron chi connectivity index (χ4n) is 2.34. The van der Waals surface area contributed by atoms with E-state index in [0.717, 1.165) is 5.56 Å². The van der Waals surface area contributed by atoms with Gasteiger partial charge in [-0.05, 0) is 35.9 Å². The fourth-order valence-corrected chi connectivity index (χ4v) is 2.34. The van der Waals surface area contributed by atoms with Gasteiger partial charge in [0.25, 0.3) is 5.91 Å². The van der Waals surface area contributed by atoms with Crippen LogP contribution in [0.15, 0.2) is 54.9 Å². The molecule has 0 unspecified atom stereocenters. The highest BCUT2D eigenvalue weighted by Gasteiger charge is 2.11. The summed E-state index contributed by atoms with van der Waals surface area (Å²) in [4.78, 5) is 32.2. The summed E-state index contributed by atoms with van der Waals surface area (Å²) in [6, 6.07) is 12.2. The van der Waals surface area contributed by atoms with E-state index < -0.39 is 5.97 Å². The van der Waals surface area contributed by atoms with Gasteiger partial charge in [0.2, 0.25) is 0 Å². The van der Waals surface area contributed by atoms with Gasteiger partial charge in [-0.1, -0.05) is 12.1 Å². The summed E-state index contributed by atoms with van der Waals surface area (Å²) in [5.41, 5.74) is 2.47. The van der Waals surface area contributed by atoms with E-state index in [9.17, 15) is 9.59 Å². The molecule has 0 fully saturated rings. The van der Waals surface area contributed by atoms with Gasteiger partial charge in [0, 0.05) is 18.9 Å². The van der Waals surface area contributed by atoms with E-state index in [-0.39, 0.29) is 12.5 Å². The van der Waals surface area contributed by atoms with Crippen LogP contribution >= 0.6 is 0 Å². The van der Waals surface area contributed by atoms with Crippen molar-refractivity contribution in [1.29, 1.82) is 0 Å². The lowest BCUT2D eigenvalue weighted by atomic mass is 10.2. The molecule has 0 aliphatic heterocycles. The first-order valence-electron chi connectivity index (χ1n) is 7.93. The van der Waals surface area contributed by atoms with Crippen LogP contribution in [0.2, 0.25) is 0 Å². The van der Waals surface area contributed by atoms with Gasteiger partial charge in [-0.3, -0.25) is 14.8 Å². The highest BCUT2D eigenvalue weighted by Crippen LogP contribution is 2.13. The Hall–Kier alpha value is -3.48. The van der Waals surface area contributed by atoms with Crippen molar-refractivity contribution in [2.24, 2.45) is 0 Å². The van der Waals surface area contributed by atoms with Gasteiger partial charge in [0.1, 0.15) is 5.75 Å². The summed E-state index contributed by atoms with van der Waals surface area (Å²) < 4.78 is 10.2. The summed E-state index contributed by atoms with van der Waals surface area (Å²) in [7, 11) is 1.58. The summed E-state index contributed by atoms with van der Waals surface area (Å²) in [5.74, 6) is -0.265. The Morgan fingerprint density at radius 3 is 2.65 bits per heavy atom. The van der Waals surface area contributed by atoms with Gasteiger partial charge in [-0.25, -0.2) is 4.79 Å². The van der Waals surface area contributed by atoms with Crippen molar-refractivity contribution in [3.63, 3.8) is 0 Å². The minimum atomic E-state index is -0.589. The number of ether oxygens (including phenoxy) is 2. The molecule has 3 aromatic rings. The Morgan fingerprint density at radius 2 is 1.85 bits per heavy atom. The molecule has 0 bridgehead atoms. The molecule has 2 aromatic carbocycles. The van der Waals surface area contributed by atoms with Crippen LogP contribution in [0.1, 0.15) is 15.9 Å². The van der Waals surface area contributed by atoms with E-state index in [1.165, 1.54) is 0 Å². The molecule has 0 saturated carbocycles. The van der Waals surface area contributed by atoms with Gasteiger partial charge < -0.3 is 14.8 Å². The Labute approximate surface area is 150 Å². The maximum absolute atomic E-state index is 12.1. The van der Waals surface area contributed by atoms with Crippen molar-refractivity contribution in [3.05, 3.63) is 66.0 Å². The zero-order valence-electron chi connectivity index (χ0n) is 14.1. The van der Waals surface area contributed by atoms with Gasteiger partial charge in [-0.15, -0.1) is 0 Å². The zero-order valence-corrected chi connectivity index (χ0v) is 14.1. The Kier molecular flexibility index (Phi) is 5.38. The number of esters is 1. The molecule has 3 rings (SSSR count). The quantitative estimate of drug-likeness (QED) is 0.684. The monoisotopic (exact) mass is 351 g/mol. The lowest BCUT2D eigenvalue weighted by molar-refractivity contribution is -0.124. The highest BCUT2D eigenvalue weighted by atomic mass is 16.5. The molecule has 26 heavy (non-hydrogen) atoms. The predicted octanol–water partition coefficient (Wildman–Crippen LogP) is 2.11. The molecule has 1 amide bonds. The smallest absolute Gasteiger partial charge is 0.338 e. The second-order valence-corrected chi connectivity index (χ2v) is 5.46. The van der Waals surface area contributed by atoms with E-state index in [1.807, 2.05) is 24.3 Å². The predicted molar refractivity (Wildman–Crippen MR) is 94.7 cm³/mol. The van der Waals surface area contributed by atoms with Crippen LogP contribution in [0, 0.1) is 0 Å². The Bertz CT molecular complexity index is 943. The minimum absolute atomic E-state index is 0.318. The number of hydrogen-bond acceptors (Lipinski definition) is 6. The molecule has 0 aliphatic rings. The summed E-state index contributed by atoms with van der Waals surface area (Å²) in [6.45, 7) is -0.0412. The number of fused-ring (bicyclic) bond motifs is 1. The van der Waals surface area contributed by atoms with Crippen LogP contribution in [0.25, 0.3) is 11.0 Å². The SMILES string of the molecule is COc1cccc(CNC(=O)COC(=O)c2ccc3nccnc3c2)c1. The standard InChI is InChI=1S/C19H17N3O4/c1-25-15-4-2-3-13(9-15)11-22-18(23)12-26-19(24)14-5-6-16-17(10-14)21-8-7-20-16/h2-10H,11-12H2,1H3,(H,22,23). The molecule has 1 heterocycles. The van der Waals surface area contributed by atoms with Gasteiger partial charge in [0.05, 0.1) is 23.7 Å². The molecule has 1 N–H and O–H groups in total. The molecule has 0 spiro atoms. The largest absolute Gasteiger partial charge is 0.497 e. The van der Waals surface area contributed by atoms with Crippen molar-refractivity contribution in [2.75, 3.05) is 13.7 Å². The molecular formula is C19H17N3O4. The van der Waals surface area contributed by atoms with Crippen LogP contribution in [0.5, 0.6) is 5.75 Å². The summed E-state index contributed by atoms with van der Waals surface area (Å²) in [6.07, 6.45) is 3.12. The first kappa shape index (κ1) is 17.3. The molecule has 0 radical (unpaired) electrons. The molecule has 132 valence electrons. The van der Waals surface area contributed by atoms with Gasteiger partial charge in [0.15, 0.2) is 6.61 Å². The normalized spacial score (nSPS) is 10.3. The van der Waals surface area contributed by atoms with Crippen LogP contribution in [-0.4, -0.2) is 35.6 Å². The molecule has 7 heteroatoms. The third kappa shape index (κ3) is 4.32. The maximum atomic E-state index is 12.1. The molecule has 0 saturated heterocycles. The second-order valence-electron chi connectivity index (χ2n) is 5.46. The first-order chi connectivity index (χ1) is 12.7. The van der Waals surface area contributed by atoms with Crippen molar-refractivity contribution in [1.82, 2.24) is 15.3 Å². The lowest BCUT2D eigenvalue weighted by Crippen LogP contribution is -2.28. The Morgan fingerprint density at radius 1 is 1.04 bits per heavy atom. The van der Waals surface area contributed by atoms with Gasteiger partial charge in [-0.2, -0.15) is 0 Å². The molecule has 0 aliphatic carbocycles. The van der Waals surface area contributed by atoms with Crippen molar-refractivity contribution < 1.29 is 19.1 Å². The van der Waals surface area contributed by atoms with Crippen LogP contribution in [0.3, 0.4) is 0 Å². The van der Waals surface area contributed by atoms with E-state index in [0.29, 0.717) is 28.9 Å². The topological polar surface area (TPSA) is 90.4 Å². The number of nitrogens with one attached hydrogen (secondary N) is 1. The molecular weight excluding hydrogens is 334 g/mol. The number of carbonyl (C=O) groups excluding carboxylic acids is 2. The molecule has 0 atom stereocenters. The second kappa shape index (κ2) is 8.06.